The molecule has 0 unspecified atom stereocenters. The molecule has 4 rings (SSSR count). The smallest absolute Gasteiger partial charge is 0.321 e. The lowest BCUT2D eigenvalue weighted by atomic mass is 10.1. The second-order valence-corrected chi connectivity index (χ2v) is 8.76. The number of nitrogens with zero attached hydrogens (tertiary/aromatic N) is 3. The Kier molecular flexibility index (Phi) is 7.95. The van der Waals surface area contributed by atoms with Crippen LogP contribution in [0.2, 0.25) is 5.02 Å². The Balaban J connectivity index is 1.42. The Bertz CT molecular complexity index is 1250. The van der Waals surface area contributed by atoms with E-state index >= 15 is 0 Å². The van der Waals surface area contributed by atoms with E-state index in [0.717, 1.165) is 22.6 Å². The maximum absolute atomic E-state index is 12.4. The summed E-state index contributed by atoms with van der Waals surface area (Å²) in [6.45, 7) is 0.334. The van der Waals surface area contributed by atoms with Crippen LogP contribution >= 0.6 is 23.4 Å². The van der Waals surface area contributed by atoms with Gasteiger partial charge in [-0.15, -0.1) is 10.2 Å². The van der Waals surface area contributed by atoms with E-state index in [1.807, 2.05) is 77.4 Å². The summed E-state index contributed by atoms with van der Waals surface area (Å²) in [5.41, 5.74) is 2.87. The molecule has 7 nitrogen and oxygen atoms in total. The van der Waals surface area contributed by atoms with Crippen molar-refractivity contribution in [2.45, 2.75) is 18.1 Å². The zero-order valence-corrected chi connectivity index (χ0v) is 19.7. The molecule has 3 aromatic carbocycles. The maximum Gasteiger partial charge on any atom is 0.321 e. The number of urea groups is 1. The number of amides is 3. The van der Waals surface area contributed by atoms with E-state index in [-0.39, 0.29) is 5.75 Å². The molecule has 9 heteroatoms. The molecule has 0 saturated carbocycles. The first-order valence-electron chi connectivity index (χ1n) is 10.6. The van der Waals surface area contributed by atoms with Crippen molar-refractivity contribution in [2.75, 3.05) is 5.75 Å². The van der Waals surface area contributed by atoms with E-state index < -0.39 is 11.9 Å². The molecule has 0 aliphatic heterocycles. The van der Waals surface area contributed by atoms with Crippen molar-refractivity contribution in [3.05, 3.63) is 107 Å². The number of benzene rings is 3. The molecular formula is C25H22ClN5O2S. The van der Waals surface area contributed by atoms with E-state index in [4.69, 9.17) is 11.6 Å². The van der Waals surface area contributed by atoms with Crippen molar-refractivity contribution in [1.29, 1.82) is 0 Å². The van der Waals surface area contributed by atoms with Gasteiger partial charge in [-0.3, -0.25) is 14.7 Å². The van der Waals surface area contributed by atoms with Gasteiger partial charge in [0.1, 0.15) is 5.82 Å². The minimum atomic E-state index is -0.543. The zero-order chi connectivity index (χ0) is 23.8. The SMILES string of the molecule is O=C(CSc1nnc(Cc2ccccc2)n1-c1ccc(Cl)cc1)NC(=O)NCc1ccccc1. The second kappa shape index (κ2) is 11.5. The normalized spacial score (nSPS) is 10.6. The number of carbonyl (C=O) groups excluding carboxylic acids is 2. The van der Waals surface area contributed by atoms with E-state index in [0.29, 0.717) is 23.1 Å². The topological polar surface area (TPSA) is 88.9 Å². The number of thioether (sulfide) groups is 1. The lowest BCUT2D eigenvalue weighted by molar-refractivity contribution is -0.117. The molecule has 0 fully saturated rings. The van der Waals surface area contributed by atoms with Gasteiger partial charge in [-0.2, -0.15) is 0 Å². The quantitative estimate of drug-likeness (QED) is 0.351. The summed E-state index contributed by atoms with van der Waals surface area (Å²) >= 11 is 7.27. The molecule has 0 saturated heterocycles. The standard InChI is InChI=1S/C25H22ClN5O2S/c26-20-11-13-21(14-12-20)31-22(15-18-7-3-1-4-8-18)29-30-25(31)34-17-23(32)28-24(33)27-16-19-9-5-2-6-10-19/h1-14H,15-17H2,(H2,27,28,32,33). The molecule has 1 aromatic heterocycles. The number of imide groups is 1. The zero-order valence-electron chi connectivity index (χ0n) is 18.1. The number of nitrogens with one attached hydrogen (secondary N) is 2. The van der Waals surface area contributed by atoms with Crippen LogP contribution in [-0.2, 0) is 17.8 Å². The van der Waals surface area contributed by atoms with Gasteiger partial charge in [0.2, 0.25) is 5.91 Å². The summed E-state index contributed by atoms with van der Waals surface area (Å²) < 4.78 is 1.90. The molecular weight excluding hydrogens is 470 g/mol. The van der Waals surface area contributed by atoms with Gasteiger partial charge in [-0.25, -0.2) is 4.79 Å². The van der Waals surface area contributed by atoms with Crippen molar-refractivity contribution in [1.82, 2.24) is 25.4 Å². The van der Waals surface area contributed by atoms with Crippen LogP contribution in [0.15, 0.2) is 90.1 Å². The first-order valence-corrected chi connectivity index (χ1v) is 11.9. The van der Waals surface area contributed by atoms with Gasteiger partial charge in [-0.05, 0) is 35.4 Å². The Morgan fingerprint density at radius 1 is 0.853 bits per heavy atom. The van der Waals surface area contributed by atoms with Crippen molar-refractivity contribution in [3.63, 3.8) is 0 Å². The lowest BCUT2D eigenvalue weighted by Gasteiger charge is -2.11. The minimum absolute atomic E-state index is 0.00974. The summed E-state index contributed by atoms with van der Waals surface area (Å²) in [6, 6.07) is 26.2. The monoisotopic (exact) mass is 491 g/mol. The average molecular weight is 492 g/mol. The van der Waals surface area contributed by atoms with E-state index in [1.54, 1.807) is 12.1 Å². The van der Waals surface area contributed by atoms with Gasteiger partial charge >= 0.3 is 6.03 Å². The average Bonchev–Trinajstić information content (AvgIpc) is 3.25. The van der Waals surface area contributed by atoms with Gasteiger partial charge < -0.3 is 5.32 Å². The predicted octanol–water partition coefficient (Wildman–Crippen LogP) is 4.63. The van der Waals surface area contributed by atoms with Crippen LogP contribution in [0.1, 0.15) is 17.0 Å². The van der Waals surface area contributed by atoms with Crippen LogP contribution in [0.25, 0.3) is 5.69 Å². The molecule has 0 atom stereocenters. The van der Waals surface area contributed by atoms with Gasteiger partial charge in [0, 0.05) is 23.7 Å². The minimum Gasteiger partial charge on any atom is -0.334 e. The fourth-order valence-electron chi connectivity index (χ4n) is 3.25. The highest BCUT2D eigenvalue weighted by molar-refractivity contribution is 7.99. The number of aromatic nitrogens is 3. The highest BCUT2D eigenvalue weighted by Gasteiger charge is 2.17. The summed E-state index contributed by atoms with van der Waals surface area (Å²) in [4.78, 5) is 24.4. The van der Waals surface area contributed by atoms with Crippen molar-refractivity contribution < 1.29 is 9.59 Å². The molecule has 172 valence electrons. The van der Waals surface area contributed by atoms with E-state index in [9.17, 15) is 9.59 Å². The van der Waals surface area contributed by atoms with Crippen LogP contribution in [0.3, 0.4) is 0 Å². The van der Waals surface area contributed by atoms with Crippen molar-refractivity contribution in [3.8, 4) is 5.69 Å². The van der Waals surface area contributed by atoms with Gasteiger partial charge in [0.15, 0.2) is 5.16 Å². The highest BCUT2D eigenvalue weighted by atomic mass is 35.5. The molecule has 0 aliphatic carbocycles. The van der Waals surface area contributed by atoms with Gasteiger partial charge in [0.05, 0.1) is 5.75 Å². The van der Waals surface area contributed by atoms with Gasteiger partial charge in [-0.1, -0.05) is 84.0 Å². The number of rotatable bonds is 8. The number of hydrogen-bond donors (Lipinski definition) is 2. The summed E-state index contributed by atoms with van der Waals surface area (Å²) in [5, 5.41) is 14.9. The first-order chi connectivity index (χ1) is 16.6. The number of halogens is 1. The number of carbonyl (C=O) groups is 2. The first kappa shape index (κ1) is 23.5. The Hall–Kier alpha value is -3.62. The predicted molar refractivity (Wildman–Crippen MR) is 133 cm³/mol. The third kappa shape index (κ3) is 6.46. The second-order valence-electron chi connectivity index (χ2n) is 7.38. The Morgan fingerprint density at radius 2 is 1.50 bits per heavy atom. The van der Waals surface area contributed by atoms with Crippen LogP contribution in [0.4, 0.5) is 4.79 Å². The molecule has 0 radical (unpaired) electrons. The van der Waals surface area contributed by atoms with Crippen LogP contribution in [0, 0.1) is 0 Å². The van der Waals surface area contributed by atoms with E-state index in [2.05, 4.69) is 20.8 Å². The Labute approximate surface area is 206 Å². The van der Waals surface area contributed by atoms with Crippen molar-refractivity contribution in [2.24, 2.45) is 0 Å². The van der Waals surface area contributed by atoms with Crippen LogP contribution < -0.4 is 10.6 Å². The molecule has 0 spiro atoms. The third-order valence-electron chi connectivity index (χ3n) is 4.87. The summed E-state index contributed by atoms with van der Waals surface area (Å²) in [5.74, 6) is 0.318. The molecule has 0 bridgehead atoms. The highest BCUT2D eigenvalue weighted by Crippen LogP contribution is 2.24. The maximum atomic E-state index is 12.4. The lowest BCUT2D eigenvalue weighted by Crippen LogP contribution is -2.40. The van der Waals surface area contributed by atoms with Crippen LogP contribution in [0.5, 0.6) is 0 Å². The molecule has 3 amide bonds. The van der Waals surface area contributed by atoms with E-state index in [1.165, 1.54) is 11.8 Å². The van der Waals surface area contributed by atoms with Crippen molar-refractivity contribution >= 4 is 35.3 Å². The van der Waals surface area contributed by atoms with Gasteiger partial charge in [0.25, 0.3) is 0 Å². The molecule has 34 heavy (non-hydrogen) atoms. The summed E-state index contributed by atoms with van der Waals surface area (Å²) in [6.07, 6.45) is 0.575. The third-order valence-corrected chi connectivity index (χ3v) is 6.05. The molecule has 0 aliphatic rings. The van der Waals surface area contributed by atoms with Crippen LogP contribution in [-0.4, -0.2) is 32.5 Å². The molecule has 4 aromatic rings. The number of hydrogen-bond acceptors (Lipinski definition) is 5. The summed E-state index contributed by atoms with van der Waals surface area (Å²) in [7, 11) is 0. The Morgan fingerprint density at radius 3 is 2.18 bits per heavy atom. The largest absolute Gasteiger partial charge is 0.334 e. The molecule has 1 heterocycles. The fraction of sp³-hybridized carbons (Fsp3) is 0.120. The molecule has 2 N–H and O–H groups in total. The fourth-order valence-corrected chi connectivity index (χ4v) is 4.15.